The fraction of sp³-hybridized carbons (Fsp3) is 0.231. The summed E-state index contributed by atoms with van der Waals surface area (Å²) in [6.07, 6.45) is 10.1. The van der Waals surface area contributed by atoms with Gasteiger partial charge >= 0.3 is 0 Å². The van der Waals surface area contributed by atoms with E-state index in [4.69, 9.17) is 0 Å². The number of hydrogen-bond donors (Lipinski definition) is 0. The first kappa shape index (κ1) is 25.6. The molecule has 3 aromatic rings. The maximum atomic E-state index is 3.25. The Kier molecular flexibility index (Phi) is 11.8. The van der Waals surface area contributed by atoms with Crippen LogP contribution in [-0.2, 0) is 13.1 Å². The fourth-order valence-electron chi connectivity index (χ4n) is 2.92. The van der Waals surface area contributed by atoms with Crippen molar-refractivity contribution in [2.24, 2.45) is 0 Å². The van der Waals surface area contributed by atoms with E-state index in [1.807, 2.05) is 24.3 Å². The molecule has 0 bridgehead atoms. The van der Waals surface area contributed by atoms with E-state index in [2.05, 4.69) is 95.7 Å². The fourth-order valence-corrected chi connectivity index (χ4v) is 2.92. The molecule has 0 fully saturated rings. The van der Waals surface area contributed by atoms with Gasteiger partial charge < -0.3 is 34.0 Å². The van der Waals surface area contributed by atoms with Crippen LogP contribution in [-0.4, -0.2) is 0 Å². The molecule has 3 rings (SSSR count). The molecule has 154 valence electrons. The second-order valence-electron chi connectivity index (χ2n) is 6.92. The van der Waals surface area contributed by atoms with Crippen molar-refractivity contribution >= 4 is 0 Å². The summed E-state index contributed by atoms with van der Waals surface area (Å²) in [5, 5.41) is 0. The summed E-state index contributed by atoms with van der Waals surface area (Å²) in [6, 6.07) is 16.5. The monoisotopic (exact) mass is 524 g/mol. The number of benzene rings is 1. The van der Waals surface area contributed by atoms with Gasteiger partial charge in [0.2, 0.25) is 0 Å². The normalized spacial score (nSPS) is 9.13. The van der Waals surface area contributed by atoms with Gasteiger partial charge in [0, 0.05) is 34.4 Å². The van der Waals surface area contributed by atoms with E-state index in [1.165, 1.54) is 11.1 Å². The van der Waals surface area contributed by atoms with Crippen LogP contribution in [0.2, 0.25) is 0 Å². The molecule has 2 aromatic heterocycles. The summed E-state index contributed by atoms with van der Waals surface area (Å²) in [5.41, 5.74) is 4.61. The lowest BCUT2D eigenvalue weighted by Crippen LogP contribution is -3.00. The Labute approximate surface area is 201 Å². The number of rotatable bonds is 4. The van der Waals surface area contributed by atoms with Crippen LogP contribution in [0.4, 0.5) is 0 Å². The van der Waals surface area contributed by atoms with Crippen molar-refractivity contribution in [3.63, 3.8) is 0 Å². The lowest BCUT2D eigenvalue weighted by molar-refractivity contribution is -0.696. The minimum absolute atomic E-state index is 0. The lowest BCUT2D eigenvalue weighted by atomic mass is 10.1. The molecule has 0 aliphatic rings. The summed E-state index contributed by atoms with van der Waals surface area (Å²) in [6.45, 7) is 6.04. The first-order chi connectivity index (χ1) is 13.7. The molecule has 0 aliphatic carbocycles. The number of pyridine rings is 2. The summed E-state index contributed by atoms with van der Waals surface area (Å²) < 4.78 is 4.36. The van der Waals surface area contributed by atoms with E-state index in [1.54, 1.807) is 0 Å². The van der Waals surface area contributed by atoms with Crippen LogP contribution < -0.4 is 43.1 Å². The molecule has 0 amide bonds. The Morgan fingerprint density at radius 1 is 0.633 bits per heavy atom. The van der Waals surface area contributed by atoms with Gasteiger partial charge in [-0.3, -0.25) is 0 Å². The van der Waals surface area contributed by atoms with E-state index in [0.717, 1.165) is 37.1 Å². The van der Waals surface area contributed by atoms with Crippen molar-refractivity contribution in [1.29, 1.82) is 0 Å². The zero-order valence-electron chi connectivity index (χ0n) is 17.4. The van der Waals surface area contributed by atoms with Gasteiger partial charge in [0.05, 0.1) is 12.8 Å². The molecule has 0 aliphatic heterocycles. The molecule has 0 spiro atoms. The number of halogens is 2. The van der Waals surface area contributed by atoms with Crippen LogP contribution in [0.1, 0.15) is 35.1 Å². The Morgan fingerprint density at radius 2 is 1.03 bits per heavy atom. The van der Waals surface area contributed by atoms with Crippen LogP contribution in [0, 0.1) is 37.5 Å². The minimum atomic E-state index is 0. The van der Waals surface area contributed by atoms with Crippen molar-refractivity contribution in [3.8, 4) is 23.7 Å². The van der Waals surface area contributed by atoms with Gasteiger partial charge in [0.15, 0.2) is 37.9 Å². The van der Waals surface area contributed by atoms with Crippen molar-refractivity contribution in [3.05, 3.63) is 95.6 Å². The van der Waals surface area contributed by atoms with Crippen molar-refractivity contribution in [2.75, 3.05) is 0 Å². The third kappa shape index (κ3) is 8.95. The molecule has 1 aromatic carbocycles. The van der Waals surface area contributed by atoms with Gasteiger partial charge in [-0.1, -0.05) is 23.7 Å². The van der Waals surface area contributed by atoms with E-state index in [-0.39, 0.29) is 34.0 Å². The molecule has 2 nitrogen and oxygen atoms in total. The van der Waals surface area contributed by atoms with Crippen LogP contribution in [0.25, 0.3) is 0 Å². The third-order valence-corrected chi connectivity index (χ3v) is 4.35. The summed E-state index contributed by atoms with van der Waals surface area (Å²) in [5.74, 6) is 13.0. The predicted molar refractivity (Wildman–Crippen MR) is 112 cm³/mol. The van der Waals surface area contributed by atoms with Crippen LogP contribution >= 0.6 is 0 Å². The number of aryl methyl sites for hydroxylation is 4. The topological polar surface area (TPSA) is 7.76 Å². The first-order valence-electron chi connectivity index (χ1n) is 9.68. The molecule has 0 saturated heterocycles. The standard InChI is InChI=1S/C26H26N2.2BrH/c1-23-9-7-19-27(21-23)17-5-3-11-25-13-15-26(16-14-25)12-4-6-18-28-20-8-10-24(2)22-28;;/h7-10,13-16,19-22H,5-6,17-18H2,1-2H3;2*1H/q+2;;/p-2. The highest BCUT2D eigenvalue weighted by molar-refractivity contribution is 5.41. The molecular weight excluding hydrogens is 500 g/mol. The van der Waals surface area contributed by atoms with Gasteiger partial charge in [-0.2, -0.15) is 0 Å². The molecule has 0 radical (unpaired) electrons. The van der Waals surface area contributed by atoms with Gasteiger partial charge in [-0.05, 0) is 50.2 Å². The zero-order valence-corrected chi connectivity index (χ0v) is 20.6. The van der Waals surface area contributed by atoms with Crippen LogP contribution in [0.5, 0.6) is 0 Å². The van der Waals surface area contributed by atoms with E-state index < -0.39 is 0 Å². The Bertz CT molecular complexity index is 965. The van der Waals surface area contributed by atoms with Gasteiger partial charge in [-0.15, -0.1) is 0 Å². The second kappa shape index (κ2) is 13.8. The van der Waals surface area contributed by atoms with Crippen molar-refractivity contribution in [2.45, 2.75) is 39.8 Å². The highest BCUT2D eigenvalue weighted by Crippen LogP contribution is 2.02. The number of hydrogen-bond acceptors (Lipinski definition) is 0. The Morgan fingerprint density at radius 3 is 1.40 bits per heavy atom. The summed E-state index contributed by atoms with van der Waals surface area (Å²) in [7, 11) is 0. The van der Waals surface area contributed by atoms with Crippen molar-refractivity contribution in [1.82, 2.24) is 0 Å². The SMILES string of the molecule is Cc1ccc[n+](CCC#Cc2ccc(C#CCC[n+]3cccc(C)c3)cc2)c1.[Br-].[Br-]. The highest BCUT2D eigenvalue weighted by Gasteiger charge is 1.98. The average Bonchev–Trinajstić information content (AvgIpc) is 2.70. The molecular formula is C26H26Br2N2. The van der Waals surface area contributed by atoms with Crippen LogP contribution in [0.3, 0.4) is 0 Å². The molecule has 2 heterocycles. The van der Waals surface area contributed by atoms with Gasteiger partial charge in [0.1, 0.15) is 0 Å². The molecule has 0 saturated carbocycles. The largest absolute Gasteiger partial charge is 1.00 e. The van der Waals surface area contributed by atoms with Gasteiger partial charge in [-0.25, -0.2) is 9.13 Å². The van der Waals surface area contributed by atoms with Crippen LogP contribution in [0.15, 0.2) is 73.3 Å². The zero-order chi connectivity index (χ0) is 19.6. The maximum Gasteiger partial charge on any atom is 0.171 e. The summed E-state index contributed by atoms with van der Waals surface area (Å²) in [4.78, 5) is 0. The smallest absolute Gasteiger partial charge is 0.171 e. The predicted octanol–water partition coefficient (Wildman–Crippen LogP) is -2.23. The molecule has 0 N–H and O–H groups in total. The molecule has 30 heavy (non-hydrogen) atoms. The lowest BCUT2D eigenvalue weighted by Gasteiger charge is -1.94. The second-order valence-corrected chi connectivity index (χ2v) is 6.92. The maximum absolute atomic E-state index is 3.25. The third-order valence-electron chi connectivity index (χ3n) is 4.35. The summed E-state index contributed by atoms with van der Waals surface area (Å²) >= 11 is 0. The van der Waals surface area contributed by atoms with E-state index in [9.17, 15) is 0 Å². The minimum Gasteiger partial charge on any atom is -1.00 e. The van der Waals surface area contributed by atoms with Gasteiger partial charge in [0.25, 0.3) is 0 Å². The van der Waals surface area contributed by atoms with Crippen molar-refractivity contribution < 1.29 is 43.1 Å². The number of nitrogens with zero attached hydrogens (tertiary/aromatic N) is 2. The first-order valence-corrected chi connectivity index (χ1v) is 9.68. The Balaban J connectivity index is 0.00000225. The average molecular weight is 526 g/mol. The van der Waals surface area contributed by atoms with E-state index >= 15 is 0 Å². The number of aromatic nitrogens is 2. The quantitative estimate of drug-likeness (QED) is 0.269. The molecule has 4 heteroatoms. The molecule has 0 unspecified atom stereocenters. The molecule has 0 atom stereocenters. The Hall–Kier alpha value is -2.40. The van der Waals surface area contributed by atoms with E-state index in [0.29, 0.717) is 0 Å². The highest BCUT2D eigenvalue weighted by atomic mass is 79.9.